The monoisotopic (exact) mass is 232 g/mol. The highest BCUT2D eigenvalue weighted by molar-refractivity contribution is 5.67. The molecule has 94 valence electrons. The Bertz CT molecular complexity index is 380. The summed E-state index contributed by atoms with van der Waals surface area (Å²) in [5.41, 5.74) is 4.19. The highest BCUT2D eigenvalue weighted by atomic mass is 16.1. The molecular weight excluding hydrogens is 208 g/mol. The van der Waals surface area contributed by atoms with Crippen LogP contribution in [0.25, 0.3) is 0 Å². The van der Waals surface area contributed by atoms with Gasteiger partial charge in [0.1, 0.15) is 6.29 Å². The molecule has 0 saturated heterocycles. The Labute approximate surface area is 105 Å². The summed E-state index contributed by atoms with van der Waals surface area (Å²) in [7, 11) is 0. The predicted octanol–water partition coefficient (Wildman–Crippen LogP) is 4.46. The van der Waals surface area contributed by atoms with Crippen LogP contribution >= 0.6 is 0 Å². The molecule has 0 radical (unpaired) electrons. The number of carbonyl (C=O) groups excluding carboxylic acids is 1. The lowest BCUT2D eigenvalue weighted by Crippen LogP contribution is -2.23. The van der Waals surface area contributed by atoms with Crippen LogP contribution in [0.2, 0.25) is 0 Å². The van der Waals surface area contributed by atoms with Crippen molar-refractivity contribution < 1.29 is 4.79 Å². The minimum atomic E-state index is 0.250. The van der Waals surface area contributed by atoms with Gasteiger partial charge in [-0.2, -0.15) is 0 Å². The van der Waals surface area contributed by atoms with E-state index in [0.29, 0.717) is 0 Å². The van der Waals surface area contributed by atoms with Gasteiger partial charge in [-0.1, -0.05) is 38.5 Å². The average Bonchev–Trinajstić information content (AvgIpc) is 2.14. The molecule has 0 fully saturated rings. The summed E-state index contributed by atoms with van der Waals surface area (Å²) < 4.78 is 0. The first-order chi connectivity index (χ1) is 7.86. The van der Waals surface area contributed by atoms with Crippen LogP contribution in [0, 0.1) is 11.3 Å². The van der Waals surface area contributed by atoms with E-state index in [-0.39, 0.29) is 5.41 Å². The lowest BCUT2D eigenvalue weighted by Gasteiger charge is -2.36. The number of carbonyl (C=O) groups is 1. The molecular formula is C16H24O. The molecule has 1 aliphatic rings. The highest BCUT2D eigenvalue weighted by Crippen LogP contribution is 2.43. The van der Waals surface area contributed by atoms with E-state index >= 15 is 0 Å². The number of allylic oxidation sites excluding steroid dienone is 6. The third kappa shape index (κ3) is 3.69. The molecule has 0 aromatic carbocycles. The average molecular weight is 232 g/mol. The molecule has 0 aliphatic heterocycles. The van der Waals surface area contributed by atoms with Crippen LogP contribution < -0.4 is 0 Å². The number of hydrogen-bond donors (Lipinski definition) is 0. The van der Waals surface area contributed by atoms with Crippen molar-refractivity contribution >= 4 is 6.29 Å². The Hall–Kier alpha value is -1.11. The molecule has 0 bridgehead atoms. The molecule has 1 heteroatoms. The zero-order chi connectivity index (χ0) is 13.1. The van der Waals surface area contributed by atoms with E-state index in [1.165, 1.54) is 24.0 Å². The topological polar surface area (TPSA) is 17.1 Å². The van der Waals surface area contributed by atoms with Crippen LogP contribution in [-0.2, 0) is 4.79 Å². The molecule has 1 nitrogen and oxygen atoms in total. The Morgan fingerprint density at radius 1 is 1.41 bits per heavy atom. The van der Waals surface area contributed by atoms with Gasteiger partial charge in [-0.3, -0.25) is 4.79 Å². The zero-order valence-corrected chi connectivity index (χ0v) is 11.7. The maximum absolute atomic E-state index is 10.4. The van der Waals surface area contributed by atoms with E-state index in [4.69, 9.17) is 0 Å². The molecule has 0 N–H and O–H groups in total. The Balaban J connectivity index is 2.98. The minimum Gasteiger partial charge on any atom is -0.299 e. The maximum atomic E-state index is 10.4. The van der Waals surface area contributed by atoms with E-state index in [9.17, 15) is 4.79 Å². The molecule has 1 rings (SSSR count). The van der Waals surface area contributed by atoms with E-state index in [1.54, 1.807) is 6.08 Å². The van der Waals surface area contributed by atoms with Gasteiger partial charge in [0.05, 0.1) is 0 Å². The van der Waals surface area contributed by atoms with Gasteiger partial charge in [-0.15, -0.1) is 0 Å². The fraction of sp³-hybridized carbons (Fsp3) is 0.562. The van der Waals surface area contributed by atoms with Gasteiger partial charge in [0.2, 0.25) is 0 Å². The van der Waals surface area contributed by atoms with E-state index in [2.05, 4.69) is 33.8 Å². The number of aldehydes is 1. The van der Waals surface area contributed by atoms with E-state index < -0.39 is 0 Å². The van der Waals surface area contributed by atoms with Gasteiger partial charge in [-0.05, 0) is 55.2 Å². The van der Waals surface area contributed by atoms with Crippen LogP contribution in [0.5, 0.6) is 0 Å². The van der Waals surface area contributed by atoms with Crippen LogP contribution in [0.3, 0.4) is 0 Å². The summed E-state index contributed by atoms with van der Waals surface area (Å²) in [6, 6.07) is 0. The van der Waals surface area contributed by atoms with E-state index in [0.717, 1.165) is 17.8 Å². The van der Waals surface area contributed by atoms with Crippen molar-refractivity contribution in [1.82, 2.24) is 0 Å². The van der Waals surface area contributed by atoms with Gasteiger partial charge in [0.15, 0.2) is 0 Å². The van der Waals surface area contributed by atoms with Gasteiger partial charge in [0.25, 0.3) is 0 Å². The molecule has 0 unspecified atom stereocenters. The second-order valence-electron chi connectivity index (χ2n) is 5.97. The molecule has 0 heterocycles. The Morgan fingerprint density at radius 2 is 2.06 bits per heavy atom. The fourth-order valence-electron chi connectivity index (χ4n) is 3.01. The largest absolute Gasteiger partial charge is 0.299 e. The molecule has 0 saturated carbocycles. The summed E-state index contributed by atoms with van der Waals surface area (Å²) in [6.45, 7) is 11.1. The SMILES string of the molecule is CC1=C(/C=C/C(C)=C\C=O)C(C)(C)C[C@H](C)C1. The second-order valence-corrected chi connectivity index (χ2v) is 5.97. The van der Waals surface area contributed by atoms with Crippen molar-refractivity contribution in [2.45, 2.75) is 47.5 Å². The summed E-state index contributed by atoms with van der Waals surface area (Å²) in [4.78, 5) is 10.4. The first-order valence-electron chi connectivity index (χ1n) is 6.37. The molecule has 0 aromatic rings. The lowest BCUT2D eigenvalue weighted by molar-refractivity contribution is -0.104. The van der Waals surface area contributed by atoms with Crippen molar-refractivity contribution in [3.8, 4) is 0 Å². The third-order valence-corrected chi connectivity index (χ3v) is 3.55. The first-order valence-corrected chi connectivity index (χ1v) is 6.37. The van der Waals surface area contributed by atoms with Crippen molar-refractivity contribution in [3.63, 3.8) is 0 Å². The quantitative estimate of drug-likeness (QED) is 0.399. The molecule has 17 heavy (non-hydrogen) atoms. The third-order valence-electron chi connectivity index (χ3n) is 3.55. The van der Waals surface area contributed by atoms with Crippen LogP contribution in [0.4, 0.5) is 0 Å². The highest BCUT2D eigenvalue weighted by Gasteiger charge is 2.30. The smallest absolute Gasteiger partial charge is 0.143 e. The van der Waals surface area contributed by atoms with Gasteiger partial charge in [-0.25, -0.2) is 0 Å². The minimum absolute atomic E-state index is 0.250. The van der Waals surface area contributed by atoms with Gasteiger partial charge < -0.3 is 0 Å². The summed E-state index contributed by atoms with van der Waals surface area (Å²) in [5.74, 6) is 0.772. The standard InChI is InChI=1S/C16H24O/c1-12(8-9-17)6-7-15-14(3)10-13(2)11-16(15,4)5/h6-9,13H,10-11H2,1-5H3/b7-6+,12-8-/t13-/m1/s1. The number of hydrogen-bond acceptors (Lipinski definition) is 1. The Morgan fingerprint density at radius 3 is 2.59 bits per heavy atom. The first kappa shape index (κ1) is 14.0. The molecule has 0 amide bonds. The van der Waals surface area contributed by atoms with Crippen LogP contribution in [-0.4, -0.2) is 6.29 Å². The molecule has 0 spiro atoms. The summed E-state index contributed by atoms with van der Waals surface area (Å²) >= 11 is 0. The van der Waals surface area contributed by atoms with Crippen molar-refractivity contribution in [1.29, 1.82) is 0 Å². The van der Waals surface area contributed by atoms with Crippen LogP contribution in [0.1, 0.15) is 47.5 Å². The van der Waals surface area contributed by atoms with Crippen molar-refractivity contribution in [2.75, 3.05) is 0 Å². The van der Waals surface area contributed by atoms with Crippen LogP contribution in [0.15, 0.2) is 34.9 Å². The molecule has 1 atom stereocenters. The summed E-state index contributed by atoms with van der Waals surface area (Å²) in [6.07, 6.45) is 9.11. The van der Waals surface area contributed by atoms with Crippen molar-refractivity contribution in [3.05, 3.63) is 34.9 Å². The predicted molar refractivity (Wildman–Crippen MR) is 73.8 cm³/mol. The van der Waals surface area contributed by atoms with Gasteiger partial charge >= 0.3 is 0 Å². The van der Waals surface area contributed by atoms with Crippen molar-refractivity contribution in [2.24, 2.45) is 11.3 Å². The normalized spacial score (nSPS) is 25.5. The number of rotatable bonds is 3. The summed E-state index contributed by atoms with van der Waals surface area (Å²) in [5, 5.41) is 0. The lowest BCUT2D eigenvalue weighted by atomic mass is 9.69. The molecule has 1 aliphatic carbocycles. The van der Waals surface area contributed by atoms with E-state index in [1.807, 2.05) is 13.0 Å². The fourth-order valence-corrected chi connectivity index (χ4v) is 3.01. The van der Waals surface area contributed by atoms with Gasteiger partial charge in [0, 0.05) is 0 Å². The zero-order valence-electron chi connectivity index (χ0n) is 11.7. The second kappa shape index (κ2) is 5.48. The maximum Gasteiger partial charge on any atom is 0.143 e. The molecule has 0 aromatic heterocycles. The Kier molecular flexibility index (Phi) is 4.50.